The zero-order valence-electron chi connectivity index (χ0n) is 9.91. The van der Waals surface area contributed by atoms with E-state index in [4.69, 9.17) is 0 Å². The molecule has 1 fully saturated rings. The van der Waals surface area contributed by atoms with Gasteiger partial charge in [-0.1, -0.05) is 0 Å². The van der Waals surface area contributed by atoms with Gasteiger partial charge in [-0.3, -0.25) is 0 Å². The fourth-order valence-corrected chi connectivity index (χ4v) is 2.10. The van der Waals surface area contributed by atoms with E-state index < -0.39 is 0 Å². The van der Waals surface area contributed by atoms with Crippen LogP contribution in [0, 0.1) is 6.92 Å². The summed E-state index contributed by atoms with van der Waals surface area (Å²) in [6.45, 7) is 3.87. The molecule has 2 aromatic rings. The highest BCUT2D eigenvalue weighted by Crippen LogP contribution is 2.28. The van der Waals surface area contributed by atoms with Crippen LogP contribution in [0.1, 0.15) is 17.4 Å². The Kier molecular flexibility index (Phi) is 2.28. The Hall–Kier alpha value is -1.98. The molecule has 6 nitrogen and oxygen atoms in total. The molecular weight excluding hydrogens is 216 g/mol. The van der Waals surface area contributed by atoms with Gasteiger partial charge in [0, 0.05) is 31.9 Å². The minimum Gasteiger partial charge on any atom is -0.355 e. The monoisotopic (exact) mass is 230 g/mol. The van der Waals surface area contributed by atoms with Crippen molar-refractivity contribution in [3.8, 4) is 0 Å². The zero-order chi connectivity index (χ0) is 11.8. The Morgan fingerprint density at radius 3 is 2.76 bits per heavy atom. The number of aromatic nitrogens is 5. The Balaban J connectivity index is 1.71. The minimum absolute atomic E-state index is 0.456. The van der Waals surface area contributed by atoms with Crippen LogP contribution in [-0.4, -0.2) is 37.8 Å². The van der Waals surface area contributed by atoms with Crippen LogP contribution in [0.5, 0.6) is 0 Å². The van der Waals surface area contributed by atoms with Gasteiger partial charge in [-0.2, -0.15) is 0 Å². The van der Waals surface area contributed by atoms with Gasteiger partial charge in [0.2, 0.25) is 0 Å². The van der Waals surface area contributed by atoms with Gasteiger partial charge in [0.15, 0.2) is 0 Å². The molecule has 17 heavy (non-hydrogen) atoms. The van der Waals surface area contributed by atoms with Gasteiger partial charge in [-0.05, 0) is 6.92 Å². The Bertz CT molecular complexity index is 528. The fraction of sp³-hybridized carbons (Fsp3) is 0.455. The third kappa shape index (κ3) is 1.75. The van der Waals surface area contributed by atoms with Crippen LogP contribution in [-0.2, 0) is 7.05 Å². The molecule has 0 aromatic carbocycles. The van der Waals surface area contributed by atoms with Crippen molar-refractivity contribution < 1.29 is 0 Å². The first-order valence-corrected chi connectivity index (χ1v) is 5.61. The number of anilines is 1. The lowest BCUT2D eigenvalue weighted by Gasteiger charge is -2.39. The van der Waals surface area contributed by atoms with Crippen LogP contribution in [0.15, 0.2) is 18.7 Å². The van der Waals surface area contributed by atoms with Crippen molar-refractivity contribution in [3.63, 3.8) is 0 Å². The average Bonchev–Trinajstić information content (AvgIpc) is 2.63. The van der Waals surface area contributed by atoms with Gasteiger partial charge >= 0.3 is 0 Å². The Labute approximate surface area is 99.3 Å². The fourth-order valence-electron chi connectivity index (χ4n) is 2.10. The molecule has 1 aliphatic rings. The van der Waals surface area contributed by atoms with Crippen molar-refractivity contribution >= 4 is 5.82 Å². The van der Waals surface area contributed by atoms with Crippen molar-refractivity contribution in [1.82, 2.24) is 24.7 Å². The molecule has 0 bridgehead atoms. The summed E-state index contributed by atoms with van der Waals surface area (Å²) in [5.74, 6) is 2.50. The maximum Gasteiger partial charge on any atom is 0.139 e. The minimum atomic E-state index is 0.456. The molecule has 0 saturated carbocycles. The standard InChI is InChI=1S/C11H14N6/c1-8-3-10(13-6-12-8)17-4-9(5-17)11-15-14-7-16(11)2/h3,6-7,9H,4-5H2,1-2H3. The van der Waals surface area contributed by atoms with Crippen molar-refractivity contribution in [2.24, 2.45) is 7.05 Å². The summed E-state index contributed by atoms with van der Waals surface area (Å²) in [4.78, 5) is 10.6. The summed E-state index contributed by atoms with van der Waals surface area (Å²) in [6, 6.07) is 2.01. The SMILES string of the molecule is Cc1cc(N2CC(c3nncn3C)C2)ncn1. The molecular formula is C11H14N6. The number of hydrogen-bond donors (Lipinski definition) is 0. The molecule has 1 aliphatic heterocycles. The maximum atomic E-state index is 4.27. The van der Waals surface area contributed by atoms with E-state index in [9.17, 15) is 0 Å². The highest BCUT2D eigenvalue weighted by atomic mass is 15.3. The molecule has 0 aliphatic carbocycles. The summed E-state index contributed by atoms with van der Waals surface area (Å²) < 4.78 is 1.98. The van der Waals surface area contributed by atoms with Crippen molar-refractivity contribution in [3.05, 3.63) is 30.2 Å². The summed E-state index contributed by atoms with van der Waals surface area (Å²) in [7, 11) is 1.98. The second-order valence-corrected chi connectivity index (χ2v) is 4.42. The number of hydrogen-bond acceptors (Lipinski definition) is 5. The average molecular weight is 230 g/mol. The quantitative estimate of drug-likeness (QED) is 0.752. The lowest BCUT2D eigenvalue weighted by molar-refractivity contribution is 0.482. The normalized spacial score (nSPS) is 16.0. The molecule has 0 atom stereocenters. The predicted octanol–water partition coefficient (Wildman–Crippen LogP) is 0.517. The van der Waals surface area contributed by atoms with Gasteiger partial charge in [-0.25, -0.2) is 9.97 Å². The molecule has 0 amide bonds. The predicted molar refractivity (Wildman–Crippen MR) is 62.7 cm³/mol. The van der Waals surface area contributed by atoms with E-state index in [0.29, 0.717) is 5.92 Å². The van der Waals surface area contributed by atoms with Crippen LogP contribution in [0.3, 0.4) is 0 Å². The van der Waals surface area contributed by atoms with E-state index in [0.717, 1.165) is 30.4 Å². The van der Waals surface area contributed by atoms with Crippen molar-refractivity contribution in [2.45, 2.75) is 12.8 Å². The molecule has 3 heterocycles. The highest BCUT2D eigenvalue weighted by molar-refractivity contribution is 5.43. The van der Waals surface area contributed by atoms with Crippen LogP contribution in [0.25, 0.3) is 0 Å². The topological polar surface area (TPSA) is 59.7 Å². The third-order valence-electron chi connectivity index (χ3n) is 3.11. The van der Waals surface area contributed by atoms with Crippen LogP contribution >= 0.6 is 0 Å². The number of rotatable bonds is 2. The maximum absolute atomic E-state index is 4.27. The van der Waals surface area contributed by atoms with Gasteiger partial charge in [-0.15, -0.1) is 10.2 Å². The van der Waals surface area contributed by atoms with Crippen molar-refractivity contribution in [1.29, 1.82) is 0 Å². The molecule has 1 saturated heterocycles. The number of nitrogens with zero attached hydrogens (tertiary/aromatic N) is 6. The second kappa shape index (κ2) is 3.80. The van der Waals surface area contributed by atoms with E-state index in [1.807, 2.05) is 24.6 Å². The van der Waals surface area contributed by atoms with Gasteiger partial charge < -0.3 is 9.47 Å². The molecule has 3 rings (SSSR count). The first-order valence-electron chi connectivity index (χ1n) is 5.61. The second-order valence-electron chi connectivity index (χ2n) is 4.42. The first kappa shape index (κ1) is 10.2. The largest absolute Gasteiger partial charge is 0.355 e. The smallest absolute Gasteiger partial charge is 0.139 e. The van der Waals surface area contributed by atoms with E-state index in [-0.39, 0.29) is 0 Å². The van der Waals surface area contributed by atoms with Gasteiger partial charge in [0.05, 0.1) is 5.92 Å². The molecule has 2 aromatic heterocycles. The molecule has 0 radical (unpaired) electrons. The summed E-state index contributed by atoms with van der Waals surface area (Å²) in [5, 5.41) is 8.04. The Morgan fingerprint density at radius 2 is 2.12 bits per heavy atom. The van der Waals surface area contributed by atoms with E-state index in [2.05, 4.69) is 25.1 Å². The molecule has 0 unspecified atom stereocenters. The molecule has 6 heteroatoms. The van der Waals surface area contributed by atoms with Gasteiger partial charge in [0.1, 0.15) is 24.3 Å². The van der Waals surface area contributed by atoms with E-state index >= 15 is 0 Å². The lowest BCUT2D eigenvalue weighted by atomic mass is 9.99. The zero-order valence-corrected chi connectivity index (χ0v) is 9.91. The van der Waals surface area contributed by atoms with Crippen LogP contribution in [0.4, 0.5) is 5.82 Å². The summed E-state index contributed by atoms with van der Waals surface area (Å²) in [6.07, 6.45) is 3.35. The van der Waals surface area contributed by atoms with Crippen molar-refractivity contribution in [2.75, 3.05) is 18.0 Å². The lowest BCUT2D eigenvalue weighted by Crippen LogP contribution is -2.46. The summed E-state index contributed by atoms with van der Waals surface area (Å²) >= 11 is 0. The van der Waals surface area contributed by atoms with Crippen LogP contribution in [0.2, 0.25) is 0 Å². The Morgan fingerprint density at radius 1 is 1.29 bits per heavy atom. The third-order valence-corrected chi connectivity index (χ3v) is 3.11. The van der Waals surface area contributed by atoms with Crippen LogP contribution < -0.4 is 4.90 Å². The highest BCUT2D eigenvalue weighted by Gasteiger charge is 2.32. The summed E-state index contributed by atoms with van der Waals surface area (Å²) in [5.41, 5.74) is 0.997. The molecule has 88 valence electrons. The van der Waals surface area contributed by atoms with E-state index in [1.165, 1.54) is 0 Å². The number of aryl methyl sites for hydroxylation is 2. The first-order chi connectivity index (χ1) is 8.24. The van der Waals surface area contributed by atoms with E-state index in [1.54, 1.807) is 12.7 Å². The molecule has 0 N–H and O–H groups in total. The molecule has 0 spiro atoms. The van der Waals surface area contributed by atoms with Gasteiger partial charge in [0.25, 0.3) is 0 Å².